The molecule has 0 spiro atoms. The van der Waals surface area contributed by atoms with Gasteiger partial charge in [0.15, 0.2) is 0 Å². The van der Waals surface area contributed by atoms with Crippen molar-refractivity contribution < 1.29 is 4.79 Å². The van der Waals surface area contributed by atoms with Gasteiger partial charge in [0.25, 0.3) is 0 Å². The second kappa shape index (κ2) is 3.97. The molecule has 0 radical (unpaired) electrons. The molecule has 1 amide bonds. The van der Waals surface area contributed by atoms with Gasteiger partial charge in [-0.2, -0.15) is 0 Å². The van der Waals surface area contributed by atoms with E-state index in [1.54, 1.807) is 0 Å². The topological polar surface area (TPSA) is 29.1 Å². The van der Waals surface area contributed by atoms with E-state index in [1.165, 1.54) is 19.3 Å². The van der Waals surface area contributed by atoms with Crippen LogP contribution in [0.4, 0.5) is 0 Å². The molecule has 2 fully saturated rings. The minimum Gasteiger partial charge on any atom is -0.349 e. The molecule has 2 aliphatic rings. The molecule has 0 aliphatic heterocycles. The summed E-state index contributed by atoms with van der Waals surface area (Å²) >= 11 is 6.04. The maximum absolute atomic E-state index is 12.0. The third-order valence-corrected chi connectivity index (χ3v) is 4.50. The number of carbonyl (C=O) groups excluding carboxylic acids is 1. The molecular weight excluding hydrogens is 210 g/mol. The molecule has 0 heterocycles. The number of alkyl halides is 1. The number of nitrogens with one attached hydrogen (secondary N) is 1. The fraction of sp³-hybridized carbons (Fsp3) is 0.917. The van der Waals surface area contributed by atoms with Crippen LogP contribution in [0.5, 0.6) is 0 Å². The van der Waals surface area contributed by atoms with Crippen LogP contribution in [0.25, 0.3) is 0 Å². The van der Waals surface area contributed by atoms with Crippen LogP contribution in [0.15, 0.2) is 0 Å². The van der Waals surface area contributed by atoms with Gasteiger partial charge in [0.1, 0.15) is 0 Å². The Morgan fingerprint density at radius 1 is 1.20 bits per heavy atom. The lowest BCUT2D eigenvalue weighted by Crippen LogP contribution is -2.53. The van der Waals surface area contributed by atoms with E-state index in [2.05, 4.69) is 5.32 Å². The van der Waals surface area contributed by atoms with Gasteiger partial charge in [-0.3, -0.25) is 4.79 Å². The molecule has 2 aliphatic carbocycles. The van der Waals surface area contributed by atoms with Crippen LogP contribution in [0.2, 0.25) is 0 Å². The van der Waals surface area contributed by atoms with E-state index in [0.29, 0.717) is 5.88 Å². The average molecular weight is 230 g/mol. The van der Waals surface area contributed by atoms with Crippen molar-refractivity contribution in [3.63, 3.8) is 0 Å². The van der Waals surface area contributed by atoms with Crippen molar-refractivity contribution in [1.82, 2.24) is 5.32 Å². The van der Waals surface area contributed by atoms with Gasteiger partial charge in [-0.05, 0) is 25.7 Å². The van der Waals surface area contributed by atoms with Crippen LogP contribution in [-0.4, -0.2) is 17.3 Å². The van der Waals surface area contributed by atoms with E-state index < -0.39 is 0 Å². The van der Waals surface area contributed by atoms with Crippen LogP contribution in [-0.2, 0) is 4.79 Å². The average Bonchev–Trinajstić information content (AvgIpc) is 2.99. The van der Waals surface area contributed by atoms with Gasteiger partial charge in [0.2, 0.25) is 5.91 Å². The lowest BCUT2D eigenvalue weighted by atomic mass is 9.82. The fourth-order valence-corrected chi connectivity index (χ4v) is 2.66. The number of hydrogen-bond donors (Lipinski definition) is 1. The van der Waals surface area contributed by atoms with Crippen molar-refractivity contribution in [3.05, 3.63) is 0 Å². The third-order valence-electron chi connectivity index (χ3n) is 3.99. The van der Waals surface area contributed by atoms with Crippen molar-refractivity contribution in [3.8, 4) is 0 Å². The Labute approximate surface area is 96.8 Å². The first-order valence-corrected chi connectivity index (χ1v) is 6.52. The molecule has 2 rings (SSSR count). The van der Waals surface area contributed by atoms with E-state index in [1.807, 2.05) is 6.92 Å². The highest BCUT2D eigenvalue weighted by atomic mass is 35.5. The van der Waals surface area contributed by atoms with Gasteiger partial charge in [-0.25, -0.2) is 0 Å². The molecule has 3 heteroatoms. The fourth-order valence-electron chi connectivity index (χ4n) is 2.33. The summed E-state index contributed by atoms with van der Waals surface area (Å²) in [6.07, 6.45) is 7.87. The molecule has 0 aromatic heterocycles. The molecule has 0 aromatic carbocycles. The molecule has 0 aromatic rings. The zero-order valence-corrected chi connectivity index (χ0v) is 10.2. The van der Waals surface area contributed by atoms with Crippen LogP contribution < -0.4 is 5.32 Å². The van der Waals surface area contributed by atoms with E-state index in [4.69, 9.17) is 11.6 Å². The Morgan fingerprint density at radius 2 is 1.80 bits per heavy atom. The van der Waals surface area contributed by atoms with Crippen molar-refractivity contribution in [2.24, 2.45) is 5.41 Å². The van der Waals surface area contributed by atoms with Gasteiger partial charge >= 0.3 is 0 Å². The van der Waals surface area contributed by atoms with Crippen molar-refractivity contribution >= 4 is 17.5 Å². The first kappa shape index (κ1) is 11.3. The zero-order chi connectivity index (χ0) is 10.9. The predicted molar refractivity (Wildman–Crippen MR) is 62.0 cm³/mol. The maximum atomic E-state index is 12.0. The Kier molecular flexibility index (Phi) is 2.98. The Balaban J connectivity index is 1.97. The summed E-state index contributed by atoms with van der Waals surface area (Å²) in [5.41, 5.74) is -0.168. The lowest BCUT2D eigenvalue weighted by Gasteiger charge is -2.37. The van der Waals surface area contributed by atoms with Crippen molar-refractivity contribution in [2.45, 2.75) is 57.4 Å². The lowest BCUT2D eigenvalue weighted by molar-refractivity contribution is -0.127. The summed E-state index contributed by atoms with van der Waals surface area (Å²) in [6.45, 7) is 2.05. The summed E-state index contributed by atoms with van der Waals surface area (Å²) in [6, 6.07) is 0. The van der Waals surface area contributed by atoms with Crippen LogP contribution in [0.1, 0.15) is 51.9 Å². The highest BCUT2D eigenvalue weighted by Crippen LogP contribution is 2.46. The Hall–Kier alpha value is -0.240. The number of halogens is 1. The van der Waals surface area contributed by atoms with Gasteiger partial charge < -0.3 is 5.32 Å². The van der Waals surface area contributed by atoms with E-state index in [9.17, 15) is 4.79 Å². The zero-order valence-electron chi connectivity index (χ0n) is 9.44. The second-order valence-corrected chi connectivity index (χ2v) is 5.76. The smallest absolute Gasteiger partial charge is 0.226 e. The second-order valence-electron chi connectivity index (χ2n) is 5.49. The van der Waals surface area contributed by atoms with Crippen LogP contribution in [0.3, 0.4) is 0 Å². The summed E-state index contributed by atoms with van der Waals surface area (Å²) in [5.74, 6) is 0.791. The van der Waals surface area contributed by atoms with E-state index in [0.717, 1.165) is 25.7 Å². The first-order valence-electron chi connectivity index (χ1n) is 5.99. The Morgan fingerprint density at radius 3 is 2.27 bits per heavy atom. The molecule has 15 heavy (non-hydrogen) atoms. The van der Waals surface area contributed by atoms with Gasteiger partial charge in [-0.15, -0.1) is 11.6 Å². The molecule has 0 atom stereocenters. The summed E-state index contributed by atoms with van der Waals surface area (Å²) in [7, 11) is 0. The monoisotopic (exact) mass is 229 g/mol. The number of carbonyl (C=O) groups is 1. The minimum absolute atomic E-state index is 0.0729. The molecule has 2 nitrogen and oxygen atoms in total. The molecule has 0 bridgehead atoms. The summed E-state index contributed by atoms with van der Waals surface area (Å²) in [5, 5.41) is 3.21. The predicted octanol–water partition coefficient (Wildman–Crippen LogP) is 2.84. The Bertz CT molecular complexity index is 254. The maximum Gasteiger partial charge on any atom is 0.226 e. The van der Waals surface area contributed by atoms with E-state index >= 15 is 0 Å². The molecule has 0 saturated heterocycles. The van der Waals surface area contributed by atoms with Crippen LogP contribution in [0, 0.1) is 5.41 Å². The highest BCUT2D eigenvalue weighted by molar-refractivity contribution is 6.18. The van der Waals surface area contributed by atoms with Gasteiger partial charge in [-0.1, -0.05) is 26.2 Å². The molecular formula is C12H20ClNO. The SMILES string of the molecule is CC1(C(=O)NC2(CCl)CCCCC2)CC1. The van der Waals surface area contributed by atoms with Crippen molar-refractivity contribution in [2.75, 3.05) is 5.88 Å². The number of hydrogen-bond acceptors (Lipinski definition) is 1. The molecule has 0 unspecified atom stereocenters. The van der Waals surface area contributed by atoms with Crippen molar-refractivity contribution in [1.29, 1.82) is 0 Å². The standard InChI is InChI=1S/C12H20ClNO/c1-11(7-8-11)10(15)14-12(9-13)5-3-2-4-6-12/h2-9H2,1H3,(H,14,15). The largest absolute Gasteiger partial charge is 0.349 e. The molecule has 86 valence electrons. The van der Waals surface area contributed by atoms with Gasteiger partial charge in [0.05, 0.1) is 5.54 Å². The normalized spacial score (nSPS) is 27.1. The van der Waals surface area contributed by atoms with E-state index in [-0.39, 0.29) is 16.9 Å². The highest BCUT2D eigenvalue weighted by Gasteiger charge is 2.47. The minimum atomic E-state index is -0.0948. The summed E-state index contributed by atoms with van der Waals surface area (Å²) < 4.78 is 0. The van der Waals surface area contributed by atoms with Gasteiger partial charge in [0, 0.05) is 11.3 Å². The number of amides is 1. The van der Waals surface area contributed by atoms with Crippen LogP contribution >= 0.6 is 11.6 Å². The molecule has 1 N–H and O–H groups in total. The molecule has 2 saturated carbocycles. The quantitative estimate of drug-likeness (QED) is 0.741. The number of rotatable bonds is 3. The first-order chi connectivity index (χ1) is 7.10. The third kappa shape index (κ3) is 2.30. The summed E-state index contributed by atoms with van der Waals surface area (Å²) in [4.78, 5) is 12.0.